The number of hydrogen-bond donors (Lipinski definition) is 1. The van der Waals surface area contributed by atoms with Crippen LogP contribution in [0.4, 0.5) is 8.78 Å². The van der Waals surface area contributed by atoms with Crippen LogP contribution in [0.2, 0.25) is 0 Å². The first-order valence-electron chi connectivity index (χ1n) is 40.0. The number of benzene rings is 4. The number of rotatable bonds is 43. The molecule has 86 heteroatoms. The van der Waals surface area contributed by atoms with Crippen molar-refractivity contribution in [3.63, 3.8) is 0 Å². The highest BCUT2D eigenvalue weighted by Crippen LogP contribution is 2.50. The Morgan fingerprint density at radius 2 is 0.692 bits per heavy atom. The van der Waals surface area contributed by atoms with Crippen LogP contribution < -0.4 is 9.47 Å². The van der Waals surface area contributed by atoms with E-state index in [1.807, 2.05) is 25.1 Å². The first-order valence-corrected chi connectivity index (χ1v) is 40.0. The van der Waals surface area contributed by atoms with Crippen molar-refractivity contribution in [2.45, 2.75) is 38.5 Å². The fourth-order valence-corrected chi connectivity index (χ4v) is 20.6. The average molecular weight is 1400 g/mol. The quantitative estimate of drug-likeness (QED) is 0.0395. The van der Waals surface area contributed by atoms with Gasteiger partial charge >= 0.3 is 0 Å². The number of para-hydroxylation sites is 1. The highest BCUT2D eigenvalue weighted by molar-refractivity contribution is 8.41. The highest BCUT2D eigenvalue weighted by Gasteiger charge is 2.66. The highest BCUT2D eigenvalue weighted by atomic mass is 19.1. The molecule has 0 amide bonds. The molecular formula is C34H30B80F2N2O2. The molecule has 2 atom stereocenters. The topological polar surface area (TPSA) is 37.5 Å². The van der Waals surface area contributed by atoms with Gasteiger partial charge in [-0.05, 0) is 84.0 Å². The molecule has 0 aliphatic carbocycles. The summed E-state index contributed by atoms with van der Waals surface area (Å²) in [5.41, 5.74) is 8.47. The van der Waals surface area contributed by atoms with Gasteiger partial charge in [0.1, 0.15) is 18.2 Å². The van der Waals surface area contributed by atoms with Crippen molar-refractivity contribution in [2.75, 3.05) is 13.7 Å². The van der Waals surface area contributed by atoms with Crippen molar-refractivity contribution in [3.05, 3.63) is 130 Å². The van der Waals surface area contributed by atoms with Gasteiger partial charge in [0.25, 0.3) is 0 Å². The van der Waals surface area contributed by atoms with Gasteiger partial charge in [0.15, 0.2) is 11.5 Å². The maximum atomic E-state index is 14.5. The van der Waals surface area contributed by atoms with Crippen LogP contribution in [0, 0.1) is 18.6 Å². The zero-order valence-corrected chi connectivity index (χ0v) is 68.7. The third-order valence-electron chi connectivity index (χ3n) is 25.3. The predicted molar refractivity (Wildman–Crippen MR) is 612 cm³/mol. The largest absolute Gasteiger partial charge is 0.493 e. The molecular weight excluding hydrogens is 1370 g/mol. The molecule has 4 nitrogen and oxygen atoms in total. The minimum Gasteiger partial charge on any atom is -0.493 e. The fourth-order valence-electron chi connectivity index (χ4n) is 20.6. The number of nitrogens with zero attached hydrogens (tertiary/aromatic N) is 1. The molecule has 442 valence electrons. The Balaban J connectivity index is 0.000000455. The van der Waals surface area contributed by atoms with Crippen molar-refractivity contribution >= 4 is 577 Å². The van der Waals surface area contributed by atoms with E-state index in [-0.39, 0.29) is 30.3 Å². The molecule has 120 heavy (non-hydrogen) atoms. The lowest BCUT2D eigenvalue weighted by molar-refractivity contribution is 0.127. The smallest absolute Gasteiger partial charge is 0.161 e. The Morgan fingerprint density at radius 1 is 0.367 bits per heavy atom. The summed E-state index contributed by atoms with van der Waals surface area (Å²) in [6.45, 7) is 2.84. The van der Waals surface area contributed by atoms with E-state index < -0.39 is 249 Å². The average Bonchev–Trinajstić information content (AvgIpc) is 1.68. The van der Waals surface area contributed by atoms with E-state index in [0.29, 0.717) is 17.1 Å². The van der Waals surface area contributed by atoms with Gasteiger partial charge in [-0.2, -0.15) is 0 Å². The number of hydrogen-bond acceptors (Lipinski definition) is 3. The molecule has 3 heterocycles. The van der Waals surface area contributed by atoms with Crippen molar-refractivity contribution in [1.29, 1.82) is 0 Å². The van der Waals surface area contributed by atoms with Crippen LogP contribution in [0.3, 0.4) is 0 Å². The number of H-pyrrole nitrogens is 1. The summed E-state index contributed by atoms with van der Waals surface area (Å²) in [6.07, 6.45) is -63.9. The van der Waals surface area contributed by atoms with Gasteiger partial charge in [0.2, 0.25) is 0 Å². The molecule has 7 rings (SSSR count). The summed E-state index contributed by atoms with van der Waals surface area (Å²) in [4.78, 5) is 6.22. The number of nitrogens with one attached hydrogen (secondary N) is 1. The number of methoxy groups -OCH3 is 1. The maximum Gasteiger partial charge on any atom is 0.161 e. The van der Waals surface area contributed by atoms with Crippen molar-refractivity contribution in [1.82, 2.24) is 9.88 Å². The molecule has 0 spiro atoms. The zero-order chi connectivity index (χ0) is 90.9. The molecule has 0 bridgehead atoms. The van der Waals surface area contributed by atoms with Gasteiger partial charge < -0.3 is 14.5 Å². The van der Waals surface area contributed by atoms with Gasteiger partial charge in [-0.25, -0.2) is 8.78 Å². The number of aromatic amines is 1. The fraction of sp³-hybridized carbons (Fsp3) is 0.235. The molecule has 2 aliphatic heterocycles. The Morgan fingerprint density at radius 3 is 1.01 bits per heavy atom. The Kier molecular flexibility index (Phi) is 45.0. The van der Waals surface area contributed by atoms with Crippen LogP contribution in [0.15, 0.2) is 78.9 Å². The third-order valence-corrected chi connectivity index (χ3v) is 25.3. The summed E-state index contributed by atoms with van der Waals surface area (Å²) < 4.78 is 40.3. The Hall–Kier alpha value is 1.03. The van der Waals surface area contributed by atoms with Gasteiger partial charge in [-0.15, -0.1) is 0 Å². The summed E-state index contributed by atoms with van der Waals surface area (Å²) in [7, 11) is 283. The second-order valence-electron chi connectivity index (χ2n) is 33.3. The van der Waals surface area contributed by atoms with Crippen LogP contribution in [-0.4, -0.2) is 590 Å². The normalized spacial score (nSPS) is 12.6. The molecule has 2 aliphatic rings. The number of aryl methyl sites for hydroxylation is 1. The minimum absolute atomic E-state index is 0.0265. The number of halogens is 2. The van der Waals surface area contributed by atoms with E-state index in [0.717, 1.165) is 36.0 Å². The van der Waals surface area contributed by atoms with E-state index in [2.05, 4.69) is 46.3 Å². The van der Waals surface area contributed by atoms with E-state index in [9.17, 15) is 8.78 Å². The van der Waals surface area contributed by atoms with E-state index >= 15 is 0 Å². The van der Waals surface area contributed by atoms with Crippen LogP contribution in [0.1, 0.15) is 51.2 Å². The lowest BCUT2D eigenvalue weighted by Gasteiger charge is -2.61. The SMILES string of the molecule is COc1cc2c(cc1OCc1ccc(C)cc1F)CCN1C2Cc2c([nH]c3ccccc23)C1c1ccc(F)cc1.[B]B([B])B([B])B(B([B])[B])B(B(B([B])[B])B([B])[B])B(B(B(B(B([B])[B])B([B])[B])B(B([B])[B])B([B])[B])B(B(B([B])[B])B([B])[B])B(B([B])[B])B([B])[B])B(B(B(B([B])[B])B([B])[B])B(B([B])[B])B([B])[B])B(B(B([B])[B])B([B])[B])B(B([B])[B])B([B])[B]. The summed E-state index contributed by atoms with van der Waals surface area (Å²) in [5.74, 6) is 0.750. The lowest BCUT2D eigenvalue weighted by atomic mass is 8.20. The first kappa shape index (κ1) is 110. The summed E-state index contributed by atoms with van der Waals surface area (Å²) >= 11 is 0. The molecule has 82 radical (unpaired) electrons. The molecule has 0 fully saturated rings. The Bertz CT molecular complexity index is 3560. The molecule has 0 saturated carbocycles. The van der Waals surface area contributed by atoms with Crippen molar-refractivity contribution < 1.29 is 18.3 Å². The van der Waals surface area contributed by atoms with Crippen molar-refractivity contribution in [3.8, 4) is 11.5 Å². The zero-order valence-electron chi connectivity index (χ0n) is 68.7. The predicted octanol–water partition coefficient (Wildman–Crippen LogP) is -22.9. The second-order valence-corrected chi connectivity index (χ2v) is 33.3. The standard InChI is InChI=1S/C34H30F2N2O2.B80/c1-20-7-8-23(28(36)15-20)19-40-32-16-22-13-14-38-30(26(22)18-31(32)39-2)17-27-25-5-3-4-6-29(25)37-33(27)34(38)21-9-11-24(35)12-10-21;1-42(2)62(41)72(61(39)40)77(71(59(35)36)60(37)38)80(78(73(63(43(3)4)44(5)6)64(45(7)8)46(9)10)74(65(47(11)12)48(13)14)66(49(15)16)50(17)18)79(75(67(51(19)20)52(21)22)68(53(23)24)54(25)26)76(69(55(27)28)56(29)30)70(57(31)32)58(33)34/h3-12,15-16,18,30,34,37H,13-14,17,19H2,1-2H3;. The Labute approximate surface area is 791 Å². The van der Waals surface area contributed by atoms with Crippen LogP contribution in [0.25, 0.3) is 10.9 Å². The maximum absolute atomic E-state index is 14.5. The molecule has 1 N–H and O–H groups in total. The molecule has 5 aromatic rings. The second kappa shape index (κ2) is 49.1. The van der Waals surface area contributed by atoms with Gasteiger partial charge in [0.05, 0.1) is 13.2 Å². The van der Waals surface area contributed by atoms with Crippen LogP contribution in [-0.2, 0) is 19.4 Å². The van der Waals surface area contributed by atoms with Crippen LogP contribution in [0.5, 0.6) is 11.5 Å². The monoisotopic (exact) mass is 1420 g/mol. The summed E-state index contributed by atoms with van der Waals surface area (Å²) in [6, 6.07) is 24.7. The van der Waals surface area contributed by atoms with Crippen LogP contribution >= 0.6 is 0 Å². The molecule has 0 saturated heterocycles. The summed E-state index contributed by atoms with van der Waals surface area (Å²) in [5, 5.41) is 1.23. The van der Waals surface area contributed by atoms with Crippen molar-refractivity contribution in [2.24, 2.45) is 0 Å². The van der Waals surface area contributed by atoms with E-state index in [4.69, 9.17) is 327 Å². The third kappa shape index (κ3) is 26.3. The van der Waals surface area contributed by atoms with Gasteiger partial charge in [-0.3, -0.25) is 4.90 Å². The lowest BCUT2D eigenvalue weighted by Crippen LogP contribution is -2.99. The number of ether oxygens (including phenoxy) is 2. The number of fused-ring (bicyclic) bond motifs is 6. The number of aromatic nitrogens is 1. The molecule has 2 unspecified atom stereocenters. The molecule has 4 aromatic carbocycles. The van der Waals surface area contributed by atoms with E-state index in [1.165, 1.54) is 33.8 Å². The van der Waals surface area contributed by atoms with Gasteiger partial charge in [-0.1, -0.05) is 42.5 Å². The first-order chi connectivity index (χ1) is 55.8. The molecule has 1 aromatic heterocycles. The van der Waals surface area contributed by atoms with E-state index in [1.54, 1.807) is 25.3 Å². The van der Waals surface area contributed by atoms with Gasteiger partial charge in [0, 0.05) is 601 Å². The minimum atomic E-state index is -1.93.